The van der Waals surface area contributed by atoms with E-state index in [-0.39, 0.29) is 0 Å². The van der Waals surface area contributed by atoms with Crippen LogP contribution >= 0.6 is 0 Å². The van der Waals surface area contributed by atoms with Gasteiger partial charge in [-0.2, -0.15) is 5.10 Å². The third-order valence-corrected chi connectivity index (χ3v) is 3.70. The van der Waals surface area contributed by atoms with Gasteiger partial charge >= 0.3 is 0 Å². The molecule has 2 heterocycles. The SMILES string of the molecule is CCc1nc(CC)n(CCn2cc(CNC3CC3)nn2)n1. The maximum atomic E-state index is 4.52. The molecule has 0 amide bonds. The number of hydrogen-bond donors (Lipinski definition) is 1. The largest absolute Gasteiger partial charge is 0.308 e. The van der Waals surface area contributed by atoms with Gasteiger partial charge in [0.15, 0.2) is 5.82 Å². The van der Waals surface area contributed by atoms with Crippen LogP contribution in [-0.2, 0) is 32.5 Å². The highest BCUT2D eigenvalue weighted by Gasteiger charge is 2.20. The summed E-state index contributed by atoms with van der Waals surface area (Å²) < 4.78 is 3.87. The monoisotopic (exact) mass is 289 g/mol. The highest BCUT2D eigenvalue weighted by Crippen LogP contribution is 2.18. The van der Waals surface area contributed by atoms with Crippen LogP contribution in [0.3, 0.4) is 0 Å². The maximum absolute atomic E-state index is 4.52. The van der Waals surface area contributed by atoms with Gasteiger partial charge < -0.3 is 5.32 Å². The number of hydrogen-bond acceptors (Lipinski definition) is 5. The topological polar surface area (TPSA) is 73.5 Å². The molecule has 114 valence electrons. The number of rotatable bonds is 8. The van der Waals surface area contributed by atoms with Crippen LogP contribution in [0.4, 0.5) is 0 Å². The molecule has 0 unspecified atom stereocenters. The second-order valence-corrected chi connectivity index (χ2v) is 5.50. The van der Waals surface area contributed by atoms with Crippen molar-refractivity contribution >= 4 is 0 Å². The van der Waals surface area contributed by atoms with E-state index in [1.54, 1.807) is 0 Å². The highest BCUT2D eigenvalue weighted by atomic mass is 15.4. The van der Waals surface area contributed by atoms with Gasteiger partial charge in [0, 0.05) is 31.6 Å². The molecule has 0 atom stereocenters. The zero-order valence-corrected chi connectivity index (χ0v) is 12.8. The van der Waals surface area contributed by atoms with Crippen molar-refractivity contribution in [3.63, 3.8) is 0 Å². The third-order valence-electron chi connectivity index (χ3n) is 3.70. The summed E-state index contributed by atoms with van der Waals surface area (Å²) in [5.74, 6) is 1.96. The van der Waals surface area contributed by atoms with Crippen molar-refractivity contribution in [2.45, 2.75) is 65.2 Å². The molecule has 2 aromatic rings. The van der Waals surface area contributed by atoms with E-state index in [1.807, 2.05) is 15.6 Å². The predicted octanol–water partition coefficient (Wildman–Crippen LogP) is 0.947. The Morgan fingerprint density at radius 3 is 2.81 bits per heavy atom. The van der Waals surface area contributed by atoms with Crippen molar-refractivity contribution in [3.05, 3.63) is 23.5 Å². The van der Waals surface area contributed by atoms with Crippen LogP contribution in [0.5, 0.6) is 0 Å². The lowest BCUT2D eigenvalue weighted by molar-refractivity contribution is 0.475. The maximum Gasteiger partial charge on any atom is 0.150 e. The van der Waals surface area contributed by atoms with Crippen LogP contribution in [0.2, 0.25) is 0 Å². The summed E-state index contributed by atoms with van der Waals surface area (Å²) in [6, 6.07) is 0.699. The molecule has 7 heteroatoms. The Bertz CT molecular complexity index is 582. The smallest absolute Gasteiger partial charge is 0.150 e. The minimum absolute atomic E-state index is 0.699. The Morgan fingerprint density at radius 2 is 2.10 bits per heavy atom. The Balaban J connectivity index is 1.55. The van der Waals surface area contributed by atoms with Crippen molar-refractivity contribution < 1.29 is 0 Å². The van der Waals surface area contributed by atoms with Crippen LogP contribution in [0.25, 0.3) is 0 Å². The number of aromatic nitrogens is 6. The molecule has 0 spiro atoms. The molecule has 1 aliphatic rings. The van der Waals surface area contributed by atoms with E-state index >= 15 is 0 Å². The fraction of sp³-hybridized carbons (Fsp3) is 0.714. The van der Waals surface area contributed by atoms with Crippen molar-refractivity contribution in [1.82, 2.24) is 35.1 Å². The molecule has 0 radical (unpaired) electrons. The molecule has 1 aliphatic carbocycles. The summed E-state index contributed by atoms with van der Waals surface area (Å²) >= 11 is 0. The van der Waals surface area contributed by atoms with E-state index in [2.05, 4.69) is 39.6 Å². The average molecular weight is 289 g/mol. The van der Waals surface area contributed by atoms with Crippen molar-refractivity contribution in [3.8, 4) is 0 Å². The first-order valence-corrected chi connectivity index (χ1v) is 7.83. The van der Waals surface area contributed by atoms with Gasteiger partial charge in [-0.1, -0.05) is 19.1 Å². The van der Waals surface area contributed by atoms with Gasteiger partial charge in [0.2, 0.25) is 0 Å². The van der Waals surface area contributed by atoms with Gasteiger partial charge in [0.1, 0.15) is 5.82 Å². The van der Waals surface area contributed by atoms with Gasteiger partial charge in [-0.15, -0.1) is 5.10 Å². The Morgan fingerprint density at radius 1 is 1.24 bits per heavy atom. The molecule has 3 rings (SSSR count). The number of nitrogens with zero attached hydrogens (tertiary/aromatic N) is 6. The Labute approximate surface area is 124 Å². The zero-order chi connectivity index (χ0) is 14.7. The van der Waals surface area contributed by atoms with Crippen LogP contribution in [0.1, 0.15) is 44.0 Å². The van der Waals surface area contributed by atoms with Gasteiger partial charge in [0.25, 0.3) is 0 Å². The molecule has 0 saturated heterocycles. The minimum Gasteiger partial charge on any atom is -0.308 e. The number of nitrogens with one attached hydrogen (secondary N) is 1. The molecule has 1 saturated carbocycles. The standard InChI is InChI=1S/C14H23N7/c1-3-13-16-14(4-2)21(18-13)8-7-20-10-12(17-19-20)9-15-11-5-6-11/h10-11,15H,3-9H2,1-2H3. The fourth-order valence-electron chi connectivity index (χ4n) is 2.28. The first-order valence-electron chi connectivity index (χ1n) is 7.83. The second-order valence-electron chi connectivity index (χ2n) is 5.50. The van der Waals surface area contributed by atoms with Crippen LogP contribution in [-0.4, -0.2) is 35.8 Å². The van der Waals surface area contributed by atoms with E-state index in [1.165, 1.54) is 12.8 Å². The van der Waals surface area contributed by atoms with Gasteiger partial charge in [-0.25, -0.2) is 9.67 Å². The van der Waals surface area contributed by atoms with Crippen molar-refractivity contribution in [2.75, 3.05) is 0 Å². The molecule has 0 aliphatic heterocycles. The summed E-state index contributed by atoms with van der Waals surface area (Å²) in [5.41, 5.74) is 1.01. The molecular weight excluding hydrogens is 266 g/mol. The van der Waals surface area contributed by atoms with Crippen LogP contribution in [0.15, 0.2) is 6.20 Å². The minimum atomic E-state index is 0.699. The molecule has 0 bridgehead atoms. The summed E-state index contributed by atoms with van der Waals surface area (Å²) in [4.78, 5) is 4.52. The van der Waals surface area contributed by atoms with Crippen LogP contribution in [0, 0.1) is 0 Å². The van der Waals surface area contributed by atoms with Crippen LogP contribution < -0.4 is 5.32 Å². The normalized spacial score (nSPS) is 14.8. The van der Waals surface area contributed by atoms with Gasteiger partial charge in [0.05, 0.1) is 18.8 Å². The summed E-state index contributed by atoms with van der Waals surface area (Å²) in [6.07, 6.45) is 6.37. The fourth-order valence-corrected chi connectivity index (χ4v) is 2.28. The molecule has 1 fully saturated rings. The van der Waals surface area contributed by atoms with E-state index in [0.717, 1.165) is 49.8 Å². The molecular formula is C14H23N7. The molecule has 1 N–H and O–H groups in total. The lowest BCUT2D eigenvalue weighted by atomic mass is 10.4. The lowest BCUT2D eigenvalue weighted by Crippen LogP contribution is -2.15. The van der Waals surface area contributed by atoms with Gasteiger partial charge in [-0.05, 0) is 12.8 Å². The quantitative estimate of drug-likeness (QED) is 0.783. The lowest BCUT2D eigenvalue weighted by Gasteiger charge is -2.03. The van der Waals surface area contributed by atoms with E-state index in [4.69, 9.17) is 0 Å². The molecule has 21 heavy (non-hydrogen) atoms. The van der Waals surface area contributed by atoms with E-state index in [9.17, 15) is 0 Å². The summed E-state index contributed by atoms with van der Waals surface area (Å²) in [6.45, 7) is 6.56. The Kier molecular flexibility index (Phi) is 4.28. The zero-order valence-electron chi connectivity index (χ0n) is 12.8. The van der Waals surface area contributed by atoms with E-state index < -0.39 is 0 Å². The molecule has 7 nitrogen and oxygen atoms in total. The highest BCUT2D eigenvalue weighted by molar-refractivity contribution is 4.95. The first kappa shape index (κ1) is 14.2. The van der Waals surface area contributed by atoms with Crippen molar-refractivity contribution in [2.24, 2.45) is 0 Å². The predicted molar refractivity (Wildman–Crippen MR) is 78.7 cm³/mol. The average Bonchev–Trinajstić information content (AvgIpc) is 3.08. The summed E-state index contributed by atoms with van der Waals surface area (Å²) in [5, 5.41) is 16.3. The number of aryl methyl sites for hydroxylation is 4. The van der Waals surface area contributed by atoms with Gasteiger partial charge in [-0.3, -0.25) is 4.68 Å². The first-order chi connectivity index (χ1) is 10.3. The van der Waals surface area contributed by atoms with E-state index in [0.29, 0.717) is 6.04 Å². The second kappa shape index (κ2) is 6.34. The Hall–Kier alpha value is -1.76. The third kappa shape index (κ3) is 3.66. The van der Waals surface area contributed by atoms with Crippen molar-refractivity contribution in [1.29, 1.82) is 0 Å². The molecule has 2 aromatic heterocycles. The summed E-state index contributed by atoms with van der Waals surface area (Å²) in [7, 11) is 0. The molecule has 0 aromatic carbocycles.